The summed E-state index contributed by atoms with van der Waals surface area (Å²) in [5, 5.41) is 4.83. The molecule has 0 N–H and O–H groups in total. The van der Waals surface area contributed by atoms with E-state index in [1.165, 1.54) is 11.1 Å². The van der Waals surface area contributed by atoms with E-state index in [9.17, 15) is 0 Å². The third-order valence-corrected chi connectivity index (χ3v) is 5.60. The number of nitrogens with zero attached hydrogens (tertiary/aromatic N) is 4. The SMILES string of the molecule is CN(CCN1CCc2ccccc2C1)Cc1nc(Cc2ccccc2Cl)no1. The first-order valence-corrected chi connectivity index (χ1v) is 10.1. The first-order chi connectivity index (χ1) is 13.7. The second-order valence-electron chi connectivity index (χ2n) is 7.41. The molecule has 0 saturated carbocycles. The molecular weight excluding hydrogens is 372 g/mol. The van der Waals surface area contributed by atoms with Crippen molar-refractivity contribution in [2.24, 2.45) is 0 Å². The summed E-state index contributed by atoms with van der Waals surface area (Å²) >= 11 is 6.21. The Labute approximate surface area is 170 Å². The Kier molecular flexibility index (Phi) is 6.05. The molecule has 0 fully saturated rings. The van der Waals surface area contributed by atoms with E-state index in [0.717, 1.165) is 43.2 Å². The molecule has 4 rings (SSSR count). The van der Waals surface area contributed by atoms with E-state index in [2.05, 4.69) is 51.3 Å². The number of aromatic nitrogens is 2. The fraction of sp³-hybridized carbons (Fsp3) is 0.364. The number of rotatable bonds is 7. The highest BCUT2D eigenvalue weighted by atomic mass is 35.5. The van der Waals surface area contributed by atoms with Gasteiger partial charge in [0.25, 0.3) is 0 Å². The Morgan fingerprint density at radius 1 is 1.11 bits per heavy atom. The Morgan fingerprint density at radius 2 is 1.89 bits per heavy atom. The quantitative estimate of drug-likeness (QED) is 0.607. The Bertz CT molecular complexity index is 926. The van der Waals surface area contributed by atoms with Crippen LogP contribution in [0.5, 0.6) is 0 Å². The number of hydrogen-bond donors (Lipinski definition) is 0. The Morgan fingerprint density at radius 3 is 2.75 bits per heavy atom. The van der Waals surface area contributed by atoms with Crippen LogP contribution in [-0.4, -0.2) is 46.6 Å². The van der Waals surface area contributed by atoms with Crippen LogP contribution in [-0.2, 0) is 25.9 Å². The van der Waals surface area contributed by atoms with Gasteiger partial charge in [0.1, 0.15) is 0 Å². The molecule has 2 heterocycles. The fourth-order valence-electron chi connectivity index (χ4n) is 3.61. The summed E-state index contributed by atoms with van der Waals surface area (Å²) in [6, 6.07) is 16.5. The van der Waals surface area contributed by atoms with Gasteiger partial charge in [-0.3, -0.25) is 9.80 Å². The molecule has 1 aliphatic heterocycles. The van der Waals surface area contributed by atoms with Crippen LogP contribution in [0, 0.1) is 0 Å². The molecule has 1 aliphatic rings. The Hall–Kier alpha value is -2.21. The minimum absolute atomic E-state index is 0.583. The van der Waals surface area contributed by atoms with E-state index in [1.54, 1.807) is 0 Å². The minimum Gasteiger partial charge on any atom is -0.338 e. The van der Waals surface area contributed by atoms with Crippen molar-refractivity contribution >= 4 is 11.6 Å². The normalized spacial score (nSPS) is 14.4. The van der Waals surface area contributed by atoms with E-state index < -0.39 is 0 Å². The lowest BCUT2D eigenvalue weighted by Gasteiger charge is -2.30. The van der Waals surface area contributed by atoms with E-state index in [1.807, 2.05) is 24.3 Å². The second kappa shape index (κ2) is 8.86. The molecule has 0 amide bonds. The van der Waals surface area contributed by atoms with Gasteiger partial charge in [-0.2, -0.15) is 4.98 Å². The van der Waals surface area contributed by atoms with Crippen LogP contribution in [0.25, 0.3) is 0 Å². The monoisotopic (exact) mass is 396 g/mol. The summed E-state index contributed by atoms with van der Waals surface area (Å²) in [5.41, 5.74) is 3.96. The second-order valence-corrected chi connectivity index (χ2v) is 7.81. The van der Waals surface area contributed by atoms with E-state index >= 15 is 0 Å². The van der Waals surface area contributed by atoms with Crippen molar-refractivity contribution in [1.82, 2.24) is 19.9 Å². The average Bonchev–Trinajstić information content (AvgIpc) is 3.15. The highest BCUT2D eigenvalue weighted by molar-refractivity contribution is 6.31. The van der Waals surface area contributed by atoms with Crippen LogP contribution in [0.2, 0.25) is 5.02 Å². The van der Waals surface area contributed by atoms with Crippen molar-refractivity contribution in [1.29, 1.82) is 0 Å². The molecule has 28 heavy (non-hydrogen) atoms. The summed E-state index contributed by atoms with van der Waals surface area (Å²) in [7, 11) is 2.09. The lowest BCUT2D eigenvalue weighted by molar-refractivity contribution is 0.196. The highest BCUT2D eigenvalue weighted by Crippen LogP contribution is 2.19. The van der Waals surface area contributed by atoms with Crippen molar-refractivity contribution in [2.75, 3.05) is 26.7 Å². The standard InChI is InChI=1S/C22H25ClN4O/c1-26(12-13-27-11-10-17-6-2-3-8-19(17)15-27)16-22-24-21(25-28-22)14-18-7-4-5-9-20(18)23/h2-9H,10-16H2,1H3. The first kappa shape index (κ1) is 19.1. The Balaban J connectivity index is 1.26. The van der Waals surface area contributed by atoms with Gasteiger partial charge < -0.3 is 4.52 Å². The van der Waals surface area contributed by atoms with Gasteiger partial charge in [0, 0.05) is 37.6 Å². The smallest absolute Gasteiger partial charge is 0.240 e. The van der Waals surface area contributed by atoms with Gasteiger partial charge in [-0.1, -0.05) is 59.2 Å². The van der Waals surface area contributed by atoms with Crippen LogP contribution < -0.4 is 0 Å². The molecule has 1 aromatic heterocycles. The lowest BCUT2D eigenvalue weighted by Crippen LogP contribution is -2.36. The van der Waals surface area contributed by atoms with Crippen LogP contribution in [0.1, 0.15) is 28.4 Å². The predicted octanol–water partition coefficient (Wildman–Crippen LogP) is 3.80. The van der Waals surface area contributed by atoms with Gasteiger partial charge in [-0.15, -0.1) is 0 Å². The van der Waals surface area contributed by atoms with E-state index in [-0.39, 0.29) is 0 Å². The summed E-state index contributed by atoms with van der Waals surface area (Å²) in [5.74, 6) is 1.32. The van der Waals surface area contributed by atoms with Gasteiger partial charge >= 0.3 is 0 Å². The highest BCUT2D eigenvalue weighted by Gasteiger charge is 2.16. The van der Waals surface area contributed by atoms with Crippen molar-refractivity contribution in [3.05, 3.63) is 82.0 Å². The number of likely N-dealkylation sites (N-methyl/N-ethyl adjacent to an activating group) is 1. The number of fused-ring (bicyclic) bond motifs is 1. The van der Waals surface area contributed by atoms with E-state index in [0.29, 0.717) is 24.7 Å². The summed E-state index contributed by atoms with van der Waals surface area (Å²) < 4.78 is 5.43. The third-order valence-electron chi connectivity index (χ3n) is 5.23. The van der Waals surface area contributed by atoms with Gasteiger partial charge in [-0.05, 0) is 36.2 Å². The molecule has 0 saturated heterocycles. The zero-order valence-electron chi connectivity index (χ0n) is 16.1. The van der Waals surface area contributed by atoms with Gasteiger partial charge in [0.2, 0.25) is 5.89 Å². The maximum atomic E-state index is 6.21. The van der Waals surface area contributed by atoms with Gasteiger partial charge in [0.05, 0.1) is 6.54 Å². The summed E-state index contributed by atoms with van der Waals surface area (Å²) in [4.78, 5) is 9.26. The number of benzene rings is 2. The van der Waals surface area contributed by atoms with Crippen molar-refractivity contribution in [3.8, 4) is 0 Å². The van der Waals surface area contributed by atoms with Crippen molar-refractivity contribution < 1.29 is 4.52 Å². The average molecular weight is 397 g/mol. The van der Waals surface area contributed by atoms with Crippen molar-refractivity contribution in [3.63, 3.8) is 0 Å². The molecule has 2 aromatic carbocycles. The summed E-state index contributed by atoms with van der Waals surface area (Å²) in [6.07, 6.45) is 1.72. The fourth-order valence-corrected chi connectivity index (χ4v) is 3.81. The topological polar surface area (TPSA) is 45.4 Å². The first-order valence-electron chi connectivity index (χ1n) is 9.70. The molecule has 6 heteroatoms. The maximum absolute atomic E-state index is 6.21. The third kappa shape index (κ3) is 4.79. The molecule has 0 unspecified atom stereocenters. The molecule has 5 nitrogen and oxygen atoms in total. The molecule has 0 atom stereocenters. The van der Waals surface area contributed by atoms with Crippen LogP contribution in [0.4, 0.5) is 0 Å². The molecule has 0 aliphatic carbocycles. The molecule has 0 spiro atoms. The molecule has 146 valence electrons. The zero-order valence-corrected chi connectivity index (χ0v) is 16.9. The number of halogens is 1. The minimum atomic E-state index is 0.583. The molecular formula is C22H25ClN4O. The predicted molar refractivity (Wildman–Crippen MR) is 110 cm³/mol. The van der Waals surface area contributed by atoms with Gasteiger partial charge in [0.15, 0.2) is 5.82 Å². The zero-order chi connectivity index (χ0) is 19.3. The van der Waals surface area contributed by atoms with Crippen LogP contribution in [0.15, 0.2) is 53.1 Å². The van der Waals surface area contributed by atoms with Gasteiger partial charge in [-0.25, -0.2) is 0 Å². The molecule has 0 radical (unpaired) electrons. The number of hydrogen-bond acceptors (Lipinski definition) is 5. The van der Waals surface area contributed by atoms with Crippen molar-refractivity contribution in [2.45, 2.75) is 25.9 Å². The largest absolute Gasteiger partial charge is 0.338 e. The maximum Gasteiger partial charge on any atom is 0.240 e. The summed E-state index contributed by atoms with van der Waals surface area (Å²) in [6.45, 7) is 4.80. The van der Waals surface area contributed by atoms with E-state index in [4.69, 9.17) is 16.1 Å². The molecule has 3 aromatic rings. The lowest BCUT2D eigenvalue weighted by atomic mass is 10.00. The van der Waals surface area contributed by atoms with Crippen LogP contribution >= 0.6 is 11.6 Å². The van der Waals surface area contributed by atoms with Crippen LogP contribution in [0.3, 0.4) is 0 Å². The molecule has 0 bridgehead atoms.